The number of alkyl carbamates (subject to hydrolysis) is 1. The van der Waals surface area contributed by atoms with Crippen molar-refractivity contribution in [1.29, 1.82) is 0 Å². The number of H-pyrrole nitrogens is 1. The molecular formula is C27H29N9O4. The third kappa shape index (κ3) is 6.62. The van der Waals surface area contributed by atoms with E-state index in [1.165, 1.54) is 12.7 Å². The lowest BCUT2D eigenvalue weighted by molar-refractivity contribution is -0.139. The van der Waals surface area contributed by atoms with Crippen LogP contribution in [0.5, 0.6) is 0 Å². The Hall–Kier alpha value is -5.20. The molecule has 0 aliphatic carbocycles. The summed E-state index contributed by atoms with van der Waals surface area (Å²) >= 11 is 0. The number of hydrogen-bond acceptors (Lipinski definition) is 9. The maximum Gasteiger partial charge on any atom is 0.408 e. The predicted octanol–water partition coefficient (Wildman–Crippen LogP) is 3.39. The minimum atomic E-state index is -1.24. The summed E-state index contributed by atoms with van der Waals surface area (Å²) in [5.41, 5.74) is 3.68. The highest BCUT2D eigenvalue weighted by Crippen LogP contribution is 2.18. The Morgan fingerprint density at radius 1 is 0.975 bits per heavy atom. The second kappa shape index (κ2) is 12.6. The molecule has 3 heterocycles. The molecule has 0 unspecified atom stereocenters. The van der Waals surface area contributed by atoms with Crippen LogP contribution in [0, 0.1) is 0 Å². The fourth-order valence-electron chi connectivity index (χ4n) is 4.13. The highest BCUT2D eigenvalue weighted by Gasteiger charge is 2.23. The Balaban J connectivity index is 1.11. The van der Waals surface area contributed by atoms with Crippen LogP contribution >= 0.6 is 0 Å². The number of hydrogen-bond donors (Lipinski definition) is 5. The Morgan fingerprint density at radius 2 is 1.75 bits per heavy atom. The molecule has 13 nitrogen and oxygen atoms in total. The number of nitrogens with one attached hydrogen (secondary N) is 4. The quantitative estimate of drug-likeness (QED) is 0.139. The summed E-state index contributed by atoms with van der Waals surface area (Å²) in [6, 6.07) is 15.8. The molecule has 0 bridgehead atoms. The van der Waals surface area contributed by atoms with Gasteiger partial charge in [-0.1, -0.05) is 42.5 Å². The van der Waals surface area contributed by atoms with Gasteiger partial charge in [0.1, 0.15) is 24.5 Å². The van der Waals surface area contributed by atoms with E-state index in [1.807, 2.05) is 54.6 Å². The number of aromatic amines is 1. The van der Waals surface area contributed by atoms with Crippen molar-refractivity contribution in [3.05, 3.63) is 72.8 Å². The van der Waals surface area contributed by atoms with Gasteiger partial charge < -0.3 is 35.3 Å². The summed E-state index contributed by atoms with van der Waals surface area (Å²) in [7, 11) is 0. The van der Waals surface area contributed by atoms with E-state index in [-0.39, 0.29) is 13.2 Å². The molecule has 0 aliphatic rings. The number of rotatable bonds is 13. The molecular weight excluding hydrogens is 514 g/mol. The highest BCUT2D eigenvalue weighted by molar-refractivity contribution is 5.83. The number of nitrogens with zero attached hydrogens (tertiary/aromatic N) is 5. The van der Waals surface area contributed by atoms with Crippen molar-refractivity contribution < 1.29 is 19.4 Å². The second-order valence-electron chi connectivity index (χ2n) is 9.05. The number of aliphatic carboxylic acids is 1. The normalized spacial score (nSPS) is 11.8. The summed E-state index contributed by atoms with van der Waals surface area (Å²) in [5.74, 6) is 0.0918. The summed E-state index contributed by atoms with van der Waals surface area (Å²) in [5, 5.41) is 18.6. The number of unbranched alkanes of at least 4 members (excludes halogenated alkanes) is 1. The predicted molar refractivity (Wildman–Crippen MR) is 149 cm³/mol. The summed E-state index contributed by atoms with van der Waals surface area (Å²) in [6.07, 6.45) is 3.82. The van der Waals surface area contributed by atoms with Crippen molar-refractivity contribution in [2.45, 2.75) is 32.0 Å². The third-order valence-electron chi connectivity index (χ3n) is 6.16. The number of imidazole rings is 2. The molecule has 5 rings (SSSR count). The number of carbonyl (C=O) groups excluding carboxylic acids is 1. The van der Waals surface area contributed by atoms with E-state index in [4.69, 9.17) is 4.74 Å². The van der Waals surface area contributed by atoms with Crippen LogP contribution in [0.15, 0.2) is 67.3 Å². The monoisotopic (exact) mass is 543 g/mol. The molecule has 5 aromatic rings. The number of aromatic nitrogens is 6. The molecule has 0 fully saturated rings. The standard InChI is InChI=1S/C27H29N9O4/c37-25(38)21(35-27(39)40-15-18-8-2-1-3-9-18)14-36-17-32-22-23(30-16-31-24(22)36)28-12-6-7-13-29-26-33-19-10-4-5-11-20(19)34-26/h1-5,8-11,16-17,21H,6-7,12-15H2,(H,35,39)(H,37,38)(H,28,30,31)(H2,29,33,34)/t21-/m0/s1. The van der Waals surface area contributed by atoms with E-state index < -0.39 is 18.1 Å². The lowest BCUT2D eigenvalue weighted by atomic mass is 10.2. The molecule has 206 valence electrons. The van der Waals surface area contributed by atoms with Crippen LogP contribution in [0.25, 0.3) is 22.2 Å². The zero-order valence-electron chi connectivity index (χ0n) is 21.6. The first kappa shape index (κ1) is 26.4. The maximum atomic E-state index is 12.2. The fourth-order valence-corrected chi connectivity index (χ4v) is 4.13. The van der Waals surface area contributed by atoms with Crippen LogP contribution in [0.4, 0.5) is 16.6 Å². The van der Waals surface area contributed by atoms with Gasteiger partial charge in [0.25, 0.3) is 0 Å². The summed E-state index contributed by atoms with van der Waals surface area (Å²) < 4.78 is 6.73. The van der Waals surface area contributed by atoms with Crippen LogP contribution in [0.2, 0.25) is 0 Å². The van der Waals surface area contributed by atoms with Crippen molar-refractivity contribution >= 4 is 46.0 Å². The average molecular weight is 544 g/mol. The van der Waals surface area contributed by atoms with Crippen molar-refractivity contribution in [1.82, 2.24) is 34.8 Å². The SMILES string of the molecule is O=C(N[C@@H](Cn1cnc2c(NCCCCNc3nc4ccccc4[nH]3)ncnc21)C(=O)O)OCc1ccccc1. The smallest absolute Gasteiger partial charge is 0.408 e. The highest BCUT2D eigenvalue weighted by atomic mass is 16.5. The number of fused-ring (bicyclic) bond motifs is 2. The van der Waals surface area contributed by atoms with Crippen LogP contribution in [0.3, 0.4) is 0 Å². The van der Waals surface area contributed by atoms with Crippen molar-refractivity contribution in [3.8, 4) is 0 Å². The van der Waals surface area contributed by atoms with Crippen molar-refractivity contribution in [3.63, 3.8) is 0 Å². The molecule has 13 heteroatoms. The average Bonchev–Trinajstić information content (AvgIpc) is 3.58. The number of carbonyl (C=O) groups is 2. The van der Waals surface area contributed by atoms with Gasteiger partial charge >= 0.3 is 12.1 Å². The van der Waals surface area contributed by atoms with E-state index in [0.29, 0.717) is 23.5 Å². The van der Waals surface area contributed by atoms with Gasteiger partial charge in [-0.25, -0.2) is 29.5 Å². The van der Waals surface area contributed by atoms with Crippen LogP contribution in [-0.4, -0.2) is 65.8 Å². The van der Waals surface area contributed by atoms with Gasteiger partial charge in [0.15, 0.2) is 11.5 Å². The zero-order valence-corrected chi connectivity index (χ0v) is 21.6. The zero-order chi connectivity index (χ0) is 27.7. The van der Waals surface area contributed by atoms with Gasteiger partial charge in [0, 0.05) is 13.1 Å². The molecule has 0 aliphatic heterocycles. The Morgan fingerprint density at radius 3 is 2.55 bits per heavy atom. The summed E-state index contributed by atoms with van der Waals surface area (Å²) in [4.78, 5) is 44.8. The largest absolute Gasteiger partial charge is 0.480 e. The first-order valence-electron chi connectivity index (χ1n) is 12.8. The van der Waals surface area contributed by atoms with E-state index in [0.717, 1.165) is 41.9 Å². The van der Waals surface area contributed by atoms with Gasteiger partial charge in [0.2, 0.25) is 5.95 Å². The number of anilines is 2. The van der Waals surface area contributed by atoms with Gasteiger partial charge in [-0.2, -0.15) is 0 Å². The molecule has 0 saturated carbocycles. The number of ether oxygens (including phenoxy) is 1. The molecule has 3 aromatic heterocycles. The van der Waals surface area contributed by atoms with Gasteiger partial charge in [-0.15, -0.1) is 0 Å². The number of amides is 1. The molecule has 0 saturated heterocycles. The molecule has 2 aromatic carbocycles. The molecule has 40 heavy (non-hydrogen) atoms. The summed E-state index contributed by atoms with van der Waals surface area (Å²) in [6.45, 7) is 1.36. The minimum absolute atomic E-state index is 0.0330. The van der Waals surface area contributed by atoms with Crippen molar-refractivity contribution in [2.24, 2.45) is 0 Å². The van der Waals surface area contributed by atoms with E-state index in [2.05, 4.69) is 40.9 Å². The van der Waals surface area contributed by atoms with E-state index in [9.17, 15) is 14.7 Å². The Kier molecular flexibility index (Phi) is 8.29. The Labute approximate surface area is 229 Å². The van der Waals surface area contributed by atoms with Crippen LogP contribution < -0.4 is 16.0 Å². The number of para-hydroxylation sites is 2. The first-order valence-corrected chi connectivity index (χ1v) is 12.8. The van der Waals surface area contributed by atoms with Crippen molar-refractivity contribution in [2.75, 3.05) is 23.7 Å². The first-order chi connectivity index (χ1) is 19.6. The Bertz CT molecular complexity index is 1550. The van der Waals surface area contributed by atoms with Gasteiger partial charge in [-0.3, -0.25) is 0 Å². The number of benzene rings is 2. The number of carboxylic acids is 1. The molecule has 5 N–H and O–H groups in total. The fraction of sp³-hybridized carbons (Fsp3) is 0.259. The third-order valence-corrected chi connectivity index (χ3v) is 6.16. The molecule has 0 radical (unpaired) electrons. The topological polar surface area (TPSA) is 172 Å². The lowest BCUT2D eigenvalue weighted by Crippen LogP contribution is -2.43. The molecule has 1 amide bonds. The van der Waals surface area contributed by atoms with E-state index >= 15 is 0 Å². The van der Waals surface area contributed by atoms with Crippen LogP contribution in [-0.2, 0) is 22.7 Å². The van der Waals surface area contributed by atoms with Gasteiger partial charge in [0.05, 0.1) is 23.9 Å². The minimum Gasteiger partial charge on any atom is -0.480 e. The van der Waals surface area contributed by atoms with Gasteiger partial charge in [-0.05, 0) is 30.5 Å². The number of carboxylic acid groups (broad SMARTS) is 1. The second-order valence-corrected chi connectivity index (χ2v) is 9.05. The van der Waals surface area contributed by atoms with E-state index in [1.54, 1.807) is 4.57 Å². The molecule has 0 spiro atoms. The van der Waals surface area contributed by atoms with Crippen LogP contribution in [0.1, 0.15) is 18.4 Å². The molecule has 1 atom stereocenters. The lowest BCUT2D eigenvalue weighted by Gasteiger charge is -2.15. The maximum absolute atomic E-state index is 12.2.